The van der Waals surface area contributed by atoms with E-state index in [9.17, 15) is 4.79 Å². The van der Waals surface area contributed by atoms with Gasteiger partial charge in [0.15, 0.2) is 10.8 Å². The van der Waals surface area contributed by atoms with E-state index in [4.69, 9.17) is 0 Å². The molecule has 7 heteroatoms. The van der Waals surface area contributed by atoms with Crippen LogP contribution in [-0.4, -0.2) is 38.1 Å². The van der Waals surface area contributed by atoms with Crippen molar-refractivity contribution in [3.8, 4) is 0 Å². The van der Waals surface area contributed by atoms with Crippen molar-refractivity contribution in [3.63, 3.8) is 0 Å². The number of nitrogens with zero attached hydrogens (tertiary/aromatic N) is 4. The molecule has 0 aliphatic carbocycles. The Hall–Kier alpha value is -2.51. The number of amides is 1. The summed E-state index contributed by atoms with van der Waals surface area (Å²) in [7, 11) is 0. The second-order valence-corrected chi connectivity index (χ2v) is 9.96. The van der Waals surface area contributed by atoms with Crippen molar-refractivity contribution in [1.29, 1.82) is 0 Å². The highest BCUT2D eigenvalue weighted by Gasteiger charge is 2.24. The molecule has 0 N–H and O–H groups in total. The first-order valence-electron chi connectivity index (χ1n) is 10.0. The summed E-state index contributed by atoms with van der Waals surface area (Å²) in [6.07, 6.45) is 0.980. The molecule has 5 rings (SSSR count). The number of rotatable bonds is 3. The quantitative estimate of drug-likeness (QED) is 0.415. The number of aromatic nitrogens is 3. The van der Waals surface area contributed by atoms with Crippen LogP contribution in [0.1, 0.15) is 18.9 Å². The van der Waals surface area contributed by atoms with Gasteiger partial charge in [0.05, 0.1) is 17.0 Å². The van der Waals surface area contributed by atoms with E-state index in [0.717, 1.165) is 35.0 Å². The Morgan fingerprint density at radius 2 is 1.97 bits per heavy atom. The molecule has 1 aliphatic rings. The predicted octanol–water partition coefficient (Wildman–Crippen LogP) is 5.20. The highest BCUT2D eigenvalue weighted by Crippen LogP contribution is 2.37. The van der Waals surface area contributed by atoms with E-state index in [1.54, 1.807) is 0 Å². The van der Waals surface area contributed by atoms with Crippen LogP contribution in [0.15, 0.2) is 64.6 Å². The van der Waals surface area contributed by atoms with Crippen molar-refractivity contribution in [2.24, 2.45) is 0 Å². The van der Waals surface area contributed by atoms with Crippen LogP contribution >= 0.6 is 23.5 Å². The number of benzene rings is 2. The lowest BCUT2D eigenvalue weighted by Gasteiger charge is -2.22. The van der Waals surface area contributed by atoms with Crippen LogP contribution in [-0.2, 0) is 4.79 Å². The molecule has 1 atom stereocenters. The van der Waals surface area contributed by atoms with Crippen LogP contribution in [0.2, 0.25) is 0 Å². The molecule has 1 unspecified atom stereocenters. The highest BCUT2D eigenvalue weighted by molar-refractivity contribution is 8.00. The maximum atomic E-state index is 13.2. The van der Waals surface area contributed by atoms with Crippen LogP contribution < -0.4 is 4.90 Å². The summed E-state index contributed by atoms with van der Waals surface area (Å²) in [5.74, 6) is 0.437. The SMILES string of the molecule is Cc1cc2nnc(SCC(=O)N3CCC(C)Sc4ccccc43)n2c2ccccc12. The monoisotopic (exact) mass is 434 g/mol. The maximum Gasteiger partial charge on any atom is 0.237 e. The molecular formula is C23H22N4OS2. The molecule has 0 radical (unpaired) electrons. The zero-order valence-electron chi connectivity index (χ0n) is 16.9. The topological polar surface area (TPSA) is 50.5 Å². The minimum absolute atomic E-state index is 0.107. The van der Waals surface area contributed by atoms with Gasteiger partial charge in [0, 0.05) is 22.1 Å². The van der Waals surface area contributed by atoms with Gasteiger partial charge in [0.25, 0.3) is 0 Å². The molecule has 0 saturated carbocycles. The van der Waals surface area contributed by atoms with Gasteiger partial charge in [-0.1, -0.05) is 49.0 Å². The average Bonchev–Trinajstić information content (AvgIpc) is 3.07. The van der Waals surface area contributed by atoms with Gasteiger partial charge in [0.2, 0.25) is 5.91 Å². The highest BCUT2D eigenvalue weighted by atomic mass is 32.2. The zero-order valence-corrected chi connectivity index (χ0v) is 18.5. The number of pyridine rings is 1. The van der Waals surface area contributed by atoms with Crippen LogP contribution in [0.4, 0.5) is 5.69 Å². The van der Waals surface area contributed by atoms with E-state index in [0.29, 0.717) is 11.0 Å². The maximum absolute atomic E-state index is 13.2. The number of fused-ring (bicyclic) bond motifs is 4. The van der Waals surface area contributed by atoms with Gasteiger partial charge in [-0.3, -0.25) is 9.20 Å². The predicted molar refractivity (Wildman–Crippen MR) is 125 cm³/mol. The molecule has 1 aliphatic heterocycles. The second-order valence-electron chi connectivity index (χ2n) is 7.54. The Bertz CT molecular complexity index is 1250. The number of thioether (sulfide) groups is 2. The van der Waals surface area contributed by atoms with Crippen LogP contribution in [0, 0.1) is 6.92 Å². The fourth-order valence-corrected chi connectivity index (χ4v) is 5.86. The largest absolute Gasteiger partial charge is 0.311 e. The molecule has 1 amide bonds. The van der Waals surface area contributed by atoms with Crippen LogP contribution in [0.3, 0.4) is 0 Å². The lowest BCUT2D eigenvalue weighted by Crippen LogP contribution is -2.33. The standard InChI is InChI=1S/C23H22N4OS2/c1-15-13-21-24-25-23(27(21)18-8-4-3-7-17(15)18)29-14-22(28)26-12-11-16(2)30-20-10-6-5-9-19(20)26/h3-10,13,16H,11-12,14H2,1-2H3. The van der Waals surface area contributed by atoms with E-state index >= 15 is 0 Å². The lowest BCUT2D eigenvalue weighted by atomic mass is 10.1. The van der Waals surface area contributed by atoms with Crippen LogP contribution in [0.5, 0.6) is 0 Å². The van der Waals surface area contributed by atoms with Crippen molar-refractivity contribution in [1.82, 2.24) is 14.6 Å². The smallest absolute Gasteiger partial charge is 0.237 e. The summed E-state index contributed by atoms with van der Waals surface area (Å²) in [5, 5.41) is 11.1. The Kier molecular flexibility index (Phi) is 5.16. The van der Waals surface area contributed by atoms with E-state index in [2.05, 4.69) is 46.6 Å². The number of para-hydroxylation sites is 2. The number of carbonyl (C=O) groups excluding carboxylic acids is 1. The molecule has 4 aromatic rings. The third kappa shape index (κ3) is 3.46. The second kappa shape index (κ2) is 7.96. The van der Waals surface area contributed by atoms with Crippen molar-refractivity contribution in [2.75, 3.05) is 17.2 Å². The van der Waals surface area contributed by atoms with Crippen molar-refractivity contribution in [3.05, 3.63) is 60.2 Å². The van der Waals surface area contributed by atoms with Gasteiger partial charge < -0.3 is 4.90 Å². The third-order valence-corrected chi connectivity index (χ3v) is 7.59. The number of aryl methyl sites for hydroxylation is 1. The average molecular weight is 435 g/mol. The number of hydrogen-bond acceptors (Lipinski definition) is 5. The fraction of sp³-hybridized carbons (Fsp3) is 0.261. The summed E-state index contributed by atoms with van der Waals surface area (Å²) in [6, 6.07) is 18.5. The van der Waals surface area contributed by atoms with Crippen molar-refractivity contribution < 1.29 is 4.79 Å². The molecule has 5 nitrogen and oxygen atoms in total. The molecule has 0 bridgehead atoms. The molecule has 3 heterocycles. The number of hydrogen-bond donors (Lipinski definition) is 0. The molecule has 2 aromatic carbocycles. The Morgan fingerprint density at radius 1 is 1.17 bits per heavy atom. The minimum Gasteiger partial charge on any atom is -0.311 e. The van der Waals surface area contributed by atoms with E-state index in [1.807, 2.05) is 53.1 Å². The van der Waals surface area contributed by atoms with E-state index in [1.165, 1.54) is 27.6 Å². The van der Waals surface area contributed by atoms with Gasteiger partial charge in [-0.05, 0) is 43.2 Å². The first-order valence-corrected chi connectivity index (χ1v) is 11.9. The first-order chi connectivity index (χ1) is 14.6. The fourth-order valence-electron chi connectivity index (χ4n) is 3.92. The Balaban J connectivity index is 1.44. The molecule has 0 spiro atoms. The summed E-state index contributed by atoms with van der Waals surface area (Å²) in [6.45, 7) is 5.05. The zero-order chi connectivity index (χ0) is 20.7. The van der Waals surface area contributed by atoms with E-state index < -0.39 is 0 Å². The minimum atomic E-state index is 0.107. The van der Waals surface area contributed by atoms with Gasteiger partial charge in [-0.15, -0.1) is 22.0 Å². The molecule has 2 aromatic heterocycles. The van der Waals surface area contributed by atoms with Gasteiger partial charge in [-0.2, -0.15) is 0 Å². The molecular weight excluding hydrogens is 412 g/mol. The molecule has 152 valence electrons. The van der Waals surface area contributed by atoms with Gasteiger partial charge in [0.1, 0.15) is 0 Å². The van der Waals surface area contributed by atoms with Crippen molar-refractivity contribution >= 4 is 51.7 Å². The van der Waals surface area contributed by atoms with Crippen molar-refractivity contribution in [2.45, 2.75) is 35.6 Å². The lowest BCUT2D eigenvalue weighted by molar-refractivity contribution is -0.116. The Morgan fingerprint density at radius 3 is 2.87 bits per heavy atom. The summed E-state index contributed by atoms with van der Waals surface area (Å²) in [4.78, 5) is 16.3. The molecule has 0 saturated heterocycles. The summed E-state index contributed by atoms with van der Waals surface area (Å²) in [5.41, 5.74) is 4.07. The first kappa shape index (κ1) is 19.5. The van der Waals surface area contributed by atoms with E-state index in [-0.39, 0.29) is 5.91 Å². The number of carbonyl (C=O) groups is 1. The molecule has 0 fully saturated rings. The van der Waals surface area contributed by atoms with Crippen LogP contribution in [0.25, 0.3) is 16.6 Å². The number of anilines is 1. The summed E-state index contributed by atoms with van der Waals surface area (Å²) < 4.78 is 2.05. The molecule has 30 heavy (non-hydrogen) atoms. The Labute approximate surface area is 183 Å². The third-order valence-electron chi connectivity index (χ3n) is 5.44. The van der Waals surface area contributed by atoms with Gasteiger partial charge >= 0.3 is 0 Å². The normalized spacial score (nSPS) is 16.6. The summed E-state index contributed by atoms with van der Waals surface area (Å²) >= 11 is 3.30. The van der Waals surface area contributed by atoms with Gasteiger partial charge in [-0.25, -0.2) is 0 Å².